The van der Waals surface area contributed by atoms with Gasteiger partial charge in [-0.3, -0.25) is 20.2 Å². The fraction of sp³-hybridized carbons (Fsp3) is 0.0270. The number of non-ortho nitro benzene ring substituents is 2. The number of aryl methyl sites for hydroxylation is 1. The summed E-state index contributed by atoms with van der Waals surface area (Å²) in [6.45, 7) is 1.98. The van der Waals surface area contributed by atoms with E-state index in [1.165, 1.54) is 24.3 Å². The molecule has 0 fully saturated rings. The van der Waals surface area contributed by atoms with E-state index in [0.29, 0.717) is 21.4 Å². The molecule has 0 bridgehead atoms. The molecular formula is C37H28Cl2N4O4. The third kappa shape index (κ3) is 8.32. The molecule has 6 rings (SSSR count). The number of hydrogen-bond acceptors (Lipinski definition) is 6. The summed E-state index contributed by atoms with van der Waals surface area (Å²) in [7, 11) is 0. The van der Waals surface area contributed by atoms with Crippen molar-refractivity contribution in [1.82, 2.24) is 0 Å². The van der Waals surface area contributed by atoms with E-state index in [-0.39, 0.29) is 11.4 Å². The van der Waals surface area contributed by atoms with Crippen molar-refractivity contribution >= 4 is 68.7 Å². The number of rotatable bonds is 8. The van der Waals surface area contributed by atoms with Crippen molar-refractivity contribution in [1.29, 1.82) is 0 Å². The smallest absolute Gasteiger partial charge is 0.269 e. The molecule has 0 saturated carbocycles. The van der Waals surface area contributed by atoms with Crippen molar-refractivity contribution in [3.05, 3.63) is 187 Å². The maximum Gasteiger partial charge on any atom is 0.269 e. The van der Waals surface area contributed by atoms with E-state index >= 15 is 0 Å². The molecular weight excluding hydrogens is 635 g/mol. The van der Waals surface area contributed by atoms with Gasteiger partial charge < -0.3 is 9.80 Å². The van der Waals surface area contributed by atoms with Crippen molar-refractivity contribution in [2.75, 3.05) is 9.80 Å². The average molecular weight is 664 g/mol. The molecule has 0 saturated heterocycles. The van der Waals surface area contributed by atoms with Gasteiger partial charge in [0.05, 0.1) is 9.85 Å². The number of hydrogen-bond donors (Lipinski definition) is 0. The van der Waals surface area contributed by atoms with Crippen LogP contribution in [-0.2, 0) is 0 Å². The minimum absolute atomic E-state index is 0.00121. The molecule has 234 valence electrons. The molecule has 10 heteroatoms. The van der Waals surface area contributed by atoms with Crippen LogP contribution in [0.4, 0.5) is 45.5 Å². The first kappa shape index (κ1) is 32.7. The van der Waals surface area contributed by atoms with Crippen LogP contribution in [0.5, 0.6) is 0 Å². The van der Waals surface area contributed by atoms with Crippen LogP contribution >= 0.6 is 23.2 Å². The lowest BCUT2D eigenvalue weighted by Crippen LogP contribution is -2.10. The van der Waals surface area contributed by atoms with E-state index < -0.39 is 9.85 Å². The highest BCUT2D eigenvalue weighted by Gasteiger charge is 2.16. The zero-order valence-corrected chi connectivity index (χ0v) is 26.6. The molecule has 0 amide bonds. The number of benzene rings is 6. The van der Waals surface area contributed by atoms with Gasteiger partial charge in [0.1, 0.15) is 0 Å². The summed E-state index contributed by atoms with van der Waals surface area (Å²) in [5, 5.41) is 23.0. The molecule has 0 atom stereocenters. The molecule has 0 spiro atoms. The van der Waals surface area contributed by atoms with Gasteiger partial charge in [-0.05, 0) is 85.8 Å². The van der Waals surface area contributed by atoms with E-state index in [1.807, 2.05) is 84.6 Å². The highest BCUT2D eigenvalue weighted by molar-refractivity contribution is 6.35. The number of halogens is 2. The quantitative estimate of drug-likeness (QED) is 0.119. The summed E-state index contributed by atoms with van der Waals surface area (Å²) < 4.78 is 0. The first-order valence-electron chi connectivity index (χ1n) is 14.4. The van der Waals surface area contributed by atoms with Gasteiger partial charge in [-0.15, -0.1) is 0 Å². The van der Waals surface area contributed by atoms with Crippen LogP contribution in [0.15, 0.2) is 152 Å². The van der Waals surface area contributed by atoms with E-state index in [0.717, 1.165) is 28.3 Å². The van der Waals surface area contributed by atoms with Gasteiger partial charge in [0.25, 0.3) is 11.4 Å². The van der Waals surface area contributed by atoms with Crippen LogP contribution in [-0.4, -0.2) is 9.85 Å². The SMILES string of the molecule is Cc1ccc(N(c2ccc([N+](=O)[O-])cc2)c2ccc([N+](=O)[O-])cc2)cc1.Clc1cc(Cl)cc(N(c2ccccc2)c2ccccc2)c1. The zero-order valence-electron chi connectivity index (χ0n) is 25.1. The molecule has 6 aromatic carbocycles. The van der Waals surface area contributed by atoms with Gasteiger partial charge in [-0.1, -0.05) is 77.3 Å². The zero-order chi connectivity index (χ0) is 33.3. The van der Waals surface area contributed by atoms with Gasteiger partial charge in [0, 0.05) is 68.4 Å². The monoisotopic (exact) mass is 662 g/mol. The molecule has 0 radical (unpaired) electrons. The summed E-state index contributed by atoms with van der Waals surface area (Å²) in [5.41, 5.74) is 6.43. The Morgan fingerprint density at radius 2 is 0.766 bits per heavy atom. The van der Waals surface area contributed by atoms with Gasteiger partial charge >= 0.3 is 0 Å². The average Bonchev–Trinajstić information content (AvgIpc) is 3.07. The van der Waals surface area contributed by atoms with Gasteiger partial charge in [-0.2, -0.15) is 0 Å². The van der Waals surface area contributed by atoms with E-state index in [9.17, 15) is 20.2 Å². The first-order chi connectivity index (χ1) is 22.7. The maximum atomic E-state index is 10.9. The van der Waals surface area contributed by atoms with E-state index in [1.54, 1.807) is 30.3 Å². The van der Waals surface area contributed by atoms with Gasteiger partial charge in [0.15, 0.2) is 0 Å². The van der Waals surface area contributed by atoms with Crippen molar-refractivity contribution in [3.63, 3.8) is 0 Å². The van der Waals surface area contributed by atoms with Crippen molar-refractivity contribution in [2.24, 2.45) is 0 Å². The lowest BCUT2D eigenvalue weighted by molar-refractivity contribution is -0.385. The van der Waals surface area contributed by atoms with Crippen LogP contribution in [0.1, 0.15) is 5.56 Å². The van der Waals surface area contributed by atoms with Crippen molar-refractivity contribution in [3.8, 4) is 0 Å². The van der Waals surface area contributed by atoms with E-state index in [4.69, 9.17) is 23.2 Å². The lowest BCUT2D eigenvalue weighted by atomic mass is 10.1. The molecule has 0 aromatic heterocycles. The predicted octanol–water partition coefficient (Wildman–Crippen LogP) is 11.7. The van der Waals surface area contributed by atoms with Crippen LogP contribution < -0.4 is 9.80 Å². The summed E-state index contributed by atoms with van der Waals surface area (Å²) in [4.78, 5) is 24.9. The summed E-state index contributed by atoms with van der Waals surface area (Å²) in [6.07, 6.45) is 0. The first-order valence-corrected chi connectivity index (χ1v) is 15.2. The molecule has 0 heterocycles. The fourth-order valence-electron chi connectivity index (χ4n) is 4.86. The van der Waals surface area contributed by atoms with Crippen LogP contribution in [0.3, 0.4) is 0 Å². The summed E-state index contributed by atoms with van der Waals surface area (Å²) >= 11 is 12.3. The molecule has 0 unspecified atom stereocenters. The van der Waals surface area contributed by atoms with Crippen molar-refractivity contribution in [2.45, 2.75) is 6.92 Å². The van der Waals surface area contributed by atoms with Crippen LogP contribution in [0.2, 0.25) is 10.0 Å². The van der Waals surface area contributed by atoms with Crippen LogP contribution in [0, 0.1) is 27.2 Å². The van der Waals surface area contributed by atoms with Gasteiger partial charge in [0.2, 0.25) is 0 Å². The topological polar surface area (TPSA) is 92.8 Å². The minimum atomic E-state index is -0.453. The Hall–Kier alpha value is -5.70. The molecule has 0 aliphatic carbocycles. The molecule has 6 aromatic rings. The van der Waals surface area contributed by atoms with Gasteiger partial charge in [-0.25, -0.2) is 0 Å². The number of nitro groups is 2. The normalized spacial score (nSPS) is 10.4. The number of para-hydroxylation sites is 2. The lowest BCUT2D eigenvalue weighted by Gasteiger charge is -2.25. The highest BCUT2D eigenvalue weighted by atomic mass is 35.5. The summed E-state index contributed by atoms with van der Waals surface area (Å²) in [6, 6.07) is 45.9. The Morgan fingerprint density at radius 3 is 1.13 bits per heavy atom. The largest absolute Gasteiger partial charge is 0.310 e. The second-order valence-electron chi connectivity index (χ2n) is 10.4. The Balaban J connectivity index is 0.000000189. The number of nitrogens with zero attached hydrogens (tertiary/aromatic N) is 4. The maximum absolute atomic E-state index is 10.9. The summed E-state index contributed by atoms with van der Waals surface area (Å²) in [5.74, 6) is 0. The Labute approximate surface area is 282 Å². The highest BCUT2D eigenvalue weighted by Crippen LogP contribution is 2.38. The minimum Gasteiger partial charge on any atom is -0.310 e. The Kier molecular flexibility index (Phi) is 10.5. The fourth-order valence-corrected chi connectivity index (χ4v) is 5.37. The van der Waals surface area contributed by atoms with Crippen molar-refractivity contribution < 1.29 is 9.85 Å². The standard InChI is InChI=1S/C19H15N3O4.C18H13Cl2N/c1-14-2-4-15(5-3-14)20(16-6-10-18(11-7-16)21(23)24)17-8-12-19(13-9-17)22(25)26;19-14-11-15(20)13-18(12-14)21(16-7-3-1-4-8-16)17-9-5-2-6-10-17/h2-13H,1H3;1-13H. The second kappa shape index (κ2) is 15.1. The van der Waals surface area contributed by atoms with Crippen LogP contribution in [0.25, 0.3) is 0 Å². The third-order valence-electron chi connectivity index (χ3n) is 7.06. The predicted molar refractivity (Wildman–Crippen MR) is 190 cm³/mol. The Bertz CT molecular complexity index is 1840. The molecule has 0 aliphatic rings. The third-order valence-corrected chi connectivity index (χ3v) is 7.50. The molecule has 47 heavy (non-hydrogen) atoms. The Morgan fingerprint density at radius 1 is 0.447 bits per heavy atom. The molecule has 0 N–H and O–H groups in total. The molecule has 8 nitrogen and oxygen atoms in total. The number of nitro benzene ring substituents is 2. The second-order valence-corrected chi connectivity index (χ2v) is 11.2. The molecule has 0 aliphatic heterocycles. The van der Waals surface area contributed by atoms with E-state index in [2.05, 4.69) is 29.2 Å². The number of anilines is 6.